The van der Waals surface area contributed by atoms with Gasteiger partial charge in [-0.05, 0) is 36.2 Å². The van der Waals surface area contributed by atoms with Crippen molar-refractivity contribution in [3.05, 3.63) is 59.9 Å². The van der Waals surface area contributed by atoms with E-state index in [9.17, 15) is 19.1 Å². The molecule has 0 aliphatic carbocycles. The fraction of sp³-hybridized carbons (Fsp3) is 0.300. The summed E-state index contributed by atoms with van der Waals surface area (Å²) < 4.78 is 13.9. The van der Waals surface area contributed by atoms with Gasteiger partial charge >= 0.3 is 11.8 Å². The molecule has 0 atom stereocenters. The molecule has 2 N–H and O–H groups in total. The number of halogens is 1. The predicted molar refractivity (Wildman–Crippen MR) is 100 cm³/mol. The molecular weight excluding hydrogens is 349 g/mol. The van der Waals surface area contributed by atoms with Crippen LogP contribution in [0.2, 0.25) is 0 Å². The van der Waals surface area contributed by atoms with E-state index in [0.29, 0.717) is 44.8 Å². The van der Waals surface area contributed by atoms with Gasteiger partial charge in [-0.2, -0.15) is 0 Å². The summed E-state index contributed by atoms with van der Waals surface area (Å²) in [6.07, 6.45) is 0.570. The minimum atomic E-state index is -0.631. The Bertz CT molecular complexity index is 802. The van der Waals surface area contributed by atoms with Gasteiger partial charge in [-0.1, -0.05) is 24.3 Å². The van der Waals surface area contributed by atoms with E-state index in [2.05, 4.69) is 5.32 Å². The number of carbonyl (C=O) groups excluding carboxylic acids is 2. The van der Waals surface area contributed by atoms with Gasteiger partial charge < -0.3 is 20.2 Å². The molecule has 1 saturated heterocycles. The maximum absolute atomic E-state index is 13.9. The molecule has 1 aliphatic heterocycles. The number of phenolic OH excluding ortho intramolecular Hbond substituents is 1. The molecule has 2 aromatic carbocycles. The Labute approximate surface area is 157 Å². The molecule has 7 heteroatoms. The van der Waals surface area contributed by atoms with Crippen LogP contribution >= 0.6 is 0 Å². The predicted octanol–water partition coefficient (Wildman–Crippen LogP) is 1.54. The van der Waals surface area contributed by atoms with Crippen LogP contribution in [0.5, 0.6) is 5.75 Å². The third-order valence-electron chi connectivity index (χ3n) is 4.59. The zero-order valence-corrected chi connectivity index (χ0v) is 14.9. The lowest BCUT2D eigenvalue weighted by Gasteiger charge is -2.35. The van der Waals surface area contributed by atoms with Crippen molar-refractivity contribution in [3.8, 4) is 5.75 Å². The van der Waals surface area contributed by atoms with Crippen LogP contribution in [0.3, 0.4) is 0 Å². The lowest BCUT2D eigenvalue weighted by molar-refractivity contribution is -0.146. The summed E-state index contributed by atoms with van der Waals surface area (Å²) in [6.45, 7) is 2.04. The van der Waals surface area contributed by atoms with E-state index in [-0.39, 0.29) is 11.6 Å². The summed E-state index contributed by atoms with van der Waals surface area (Å²) >= 11 is 0. The highest BCUT2D eigenvalue weighted by Gasteiger charge is 2.26. The van der Waals surface area contributed by atoms with Crippen LogP contribution in [0.1, 0.15) is 5.56 Å². The summed E-state index contributed by atoms with van der Waals surface area (Å²) in [7, 11) is 0. The Balaban J connectivity index is 1.45. The number of amides is 2. The highest BCUT2D eigenvalue weighted by molar-refractivity contribution is 6.35. The topological polar surface area (TPSA) is 72.9 Å². The quantitative estimate of drug-likeness (QED) is 0.800. The van der Waals surface area contributed by atoms with Gasteiger partial charge in [-0.15, -0.1) is 0 Å². The maximum atomic E-state index is 13.9. The monoisotopic (exact) mass is 371 g/mol. The van der Waals surface area contributed by atoms with E-state index in [0.717, 1.165) is 5.56 Å². The molecule has 2 aromatic rings. The normalized spacial score (nSPS) is 14.1. The lowest BCUT2D eigenvalue weighted by atomic mass is 10.1. The van der Waals surface area contributed by atoms with Crippen molar-refractivity contribution in [1.29, 1.82) is 0 Å². The molecule has 27 heavy (non-hydrogen) atoms. The number of nitrogens with zero attached hydrogens (tertiary/aromatic N) is 2. The average molecular weight is 371 g/mol. The molecule has 1 aliphatic rings. The van der Waals surface area contributed by atoms with Crippen molar-refractivity contribution in [1.82, 2.24) is 10.2 Å². The Morgan fingerprint density at radius 2 is 1.67 bits per heavy atom. The summed E-state index contributed by atoms with van der Waals surface area (Å²) in [5.74, 6) is -1.29. The van der Waals surface area contributed by atoms with Crippen LogP contribution in [0.4, 0.5) is 10.1 Å². The molecule has 0 spiro atoms. The molecule has 0 unspecified atom stereocenters. The van der Waals surface area contributed by atoms with Crippen molar-refractivity contribution in [2.45, 2.75) is 6.42 Å². The molecule has 0 bridgehead atoms. The van der Waals surface area contributed by atoms with Crippen molar-refractivity contribution in [3.63, 3.8) is 0 Å². The molecule has 3 rings (SSSR count). The van der Waals surface area contributed by atoms with Crippen LogP contribution in [0.15, 0.2) is 48.5 Å². The molecule has 2 amide bonds. The SMILES string of the molecule is O=C(NCCc1ccc(O)cc1)C(=O)N1CCN(c2ccccc2F)CC1. The zero-order chi connectivity index (χ0) is 19.2. The summed E-state index contributed by atoms with van der Waals surface area (Å²) in [6, 6.07) is 13.2. The minimum Gasteiger partial charge on any atom is -0.508 e. The first-order chi connectivity index (χ1) is 13.0. The standard InChI is InChI=1S/C20H22FN3O3/c21-17-3-1-2-4-18(17)23-11-13-24(14-12-23)20(27)19(26)22-10-9-15-5-7-16(25)8-6-15/h1-8,25H,9-14H2,(H,22,26). The second-order valence-corrected chi connectivity index (χ2v) is 6.40. The van der Waals surface area contributed by atoms with Gasteiger partial charge in [0.1, 0.15) is 11.6 Å². The summed E-state index contributed by atoms with van der Waals surface area (Å²) in [4.78, 5) is 27.7. The van der Waals surface area contributed by atoms with Gasteiger partial charge in [0.15, 0.2) is 0 Å². The first-order valence-electron chi connectivity index (χ1n) is 8.89. The lowest BCUT2D eigenvalue weighted by Crippen LogP contribution is -2.53. The Kier molecular flexibility index (Phi) is 5.90. The van der Waals surface area contributed by atoms with Crippen LogP contribution in [-0.2, 0) is 16.0 Å². The zero-order valence-electron chi connectivity index (χ0n) is 14.9. The van der Waals surface area contributed by atoms with Crippen LogP contribution in [0, 0.1) is 5.82 Å². The van der Waals surface area contributed by atoms with E-state index in [1.54, 1.807) is 42.5 Å². The molecule has 142 valence electrons. The Hall–Kier alpha value is -3.09. The average Bonchev–Trinajstić information content (AvgIpc) is 2.69. The summed E-state index contributed by atoms with van der Waals surface area (Å²) in [5, 5.41) is 11.9. The summed E-state index contributed by atoms with van der Waals surface area (Å²) in [5.41, 5.74) is 1.47. The van der Waals surface area contributed by atoms with Crippen LogP contribution < -0.4 is 10.2 Å². The van der Waals surface area contributed by atoms with Crippen molar-refractivity contribution in [2.24, 2.45) is 0 Å². The number of anilines is 1. The van der Waals surface area contributed by atoms with E-state index in [1.165, 1.54) is 11.0 Å². The number of piperazine rings is 1. The molecule has 6 nitrogen and oxygen atoms in total. The van der Waals surface area contributed by atoms with Gasteiger partial charge in [-0.25, -0.2) is 4.39 Å². The number of rotatable bonds is 4. The largest absolute Gasteiger partial charge is 0.508 e. The third kappa shape index (κ3) is 4.75. The number of para-hydroxylation sites is 1. The molecule has 1 heterocycles. The molecule has 0 radical (unpaired) electrons. The Morgan fingerprint density at radius 1 is 1.00 bits per heavy atom. The number of nitrogens with one attached hydrogen (secondary N) is 1. The maximum Gasteiger partial charge on any atom is 0.312 e. The van der Waals surface area contributed by atoms with E-state index in [1.807, 2.05) is 4.90 Å². The second kappa shape index (κ2) is 8.53. The second-order valence-electron chi connectivity index (χ2n) is 6.40. The first kappa shape index (κ1) is 18.7. The third-order valence-corrected chi connectivity index (χ3v) is 4.59. The number of carbonyl (C=O) groups is 2. The Morgan fingerprint density at radius 3 is 2.33 bits per heavy atom. The number of phenols is 1. The van der Waals surface area contributed by atoms with Crippen molar-refractivity contribution < 1.29 is 19.1 Å². The fourth-order valence-electron chi connectivity index (χ4n) is 3.06. The van der Waals surface area contributed by atoms with Crippen LogP contribution in [-0.4, -0.2) is 54.5 Å². The van der Waals surface area contributed by atoms with Gasteiger partial charge in [0.25, 0.3) is 0 Å². The highest BCUT2D eigenvalue weighted by Crippen LogP contribution is 2.20. The number of benzene rings is 2. The van der Waals surface area contributed by atoms with E-state index in [4.69, 9.17) is 0 Å². The molecular formula is C20H22FN3O3. The van der Waals surface area contributed by atoms with Crippen molar-refractivity contribution in [2.75, 3.05) is 37.6 Å². The fourth-order valence-corrected chi connectivity index (χ4v) is 3.06. The van der Waals surface area contributed by atoms with E-state index >= 15 is 0 Å². The van der Waals surface area contributed by atoms with Crippen LogP contribution in [0.25, 0.3) is 0 Å². The van der Waals surface area contributed by atoms with E-state index < -0.39 is 11.8 Å². The molecule has 0 saturated carbocycles. The number of aromatic hydroxyl groups is 1. The van der Waals surface area contributed by atoms with Gasteiger partial charge in [0, 0.05) is 32.7 Å². The van der Waals surface area contributed by atoms with Gasteiger partial charge in [0.2, 0.25) is 0 Å². The number of hydrogen-bond donors (Lipinski definition) is 2. The first-order valence-corrected chi connectivity index (χ1v) is 8.89. The van der Waals surface area contributed by atoms with Gasteiger partial charge in [-0.3, -0.25) is 9.59 Å². The molecule has 1 fully saturated rings. The van der Waals surface area contributed by atoms with Crippen molar-refractivity contribution >= 4 is 17.5 Å². The minimum absolute atomic E-state index is 0.187. The van der Waals surface area contributed by atoms with Gasteiger partial charge in [0.05, 0.1) is 5.69 Å². The molecule has 0 aromatic heterocycles. The highest BCUT2D eigenvalue weighted by atomic mass is 19.1. The smallest absolute Gasteiger partial charge is 0.312 e. The number of hydrogen-bond acceptors (Lipinski definition) is 4.